The van der Waals surface area contributed by atoms with Crippen LogP contribution in [0.1, 0.15) is 33.1 Å². The van der Waals surface area contributed by atoms with Gasteiger partial charge in [0.25, 0.3) is 10.2 Å². The maximum Gasteiger partial charge on any atom is 0.281 e. The van der Waals surface area contributed by atoms with Crippen molar-refractivity contribution in [1.82, 2.24) is 13.9 Å². The van der Waals surface area contributed by atoms with Gasteiger partial charge in [-0.2, -0.15) is 17.0 Å². The van der Waals surface area contributed by atoms with E-state index in [-0.39, 0.29) is 6.04 Å². The SMILES string of the molecule is CCN(CC)S(=O)(=O)N(C)C1CCCNCC1. The number of hydrogen-bond donors (Lipinski definition) is 1. The van der Waals surface area contributed by atoms with Crippen LogP contribution in [0.4, 0.5) is 0 Å². The van der Waals surface area contributed by atoms with Crippen LogP contribution >= 0.6 is 0 Å². The van der Waals surface area contributed by atoms with Gasteiger partial charge in [0, 0.05) is 26.2 Å². The highest BCUT2D eigenvalue weighted by atomic mass is 32.2. The zero-order valence-electron chi connectivity index (χ0n) is 11.1. The highest BCUT2D eigenvalue weighted by Crippen LogP contribution is 2.17. The molecule has 0 aromatic carbocycles. The second-order valence-electron chi connectivity index (χ2n) is 4.44. The van der Waals surface area contributed by atoms with Crippen molar-refractivity contribution in [3.05, 3.63) is 0 Å². The molecule has 5 nitrogen and oxygen atoms in total. The van der Waals surface area contributed by atoms with Gasteiger partial charge in [0.05, 0.1) is 0 Å². The van der Waals surface area contributed by atoms with Gasteiger partial charge in [-0.1, -0.05) is 13.8 Å². The third kappa shape index (κ3) is 3.64. The highest BCUT2D eigenvalue weighted by Gasteiger charge is 2.30. The molecule has 0 saturated carbocycles. The molecule has 1 heterocycles. The van der Waals surface area contributed by atoms with Crippen molar-refractivity contribution in [3.8, 4) is 0 Å². The van der Waals surface area contributed by atoms with Gasteiger partial charge in [0.1, 0.15) is 0 Å². The first kappa shape index (κ1) is 14.9. The van der Waals surface area contributed by atoms with E-state index in [0.717, 1.165) is 32.4 Å². The van der Waals surface area contributed by atoms with Gasteiger partial charge in [-0.15, -0.1) is 0 Å². The van der Waals surface area contributed by atoms with Crippen LogP contribution < -0.4 is 5.32 Å². The first-order chi connectivity index (χ1) is 8.04. The van der Waals surface area contributed by atoms with Crippen LogP contribution in [0.2, 0.25) is 0 Å². The van der Waals surface area contributed by atoms with Gasteiger partial charge < -0.3 is 5.32 Å². The lowest BCUT2D eigenvalue weighted by Gasteiger charge is -2.31. The molecule has 0 aromatic heterocycles. The van der Waals surface area contributed by atoms with Gasteiger partial charge in [-0.25, -0.2) is 0 Å². The molecule has 0 radical (unpaired) electrons. The molecule has 1 unspecified atom stereocenters. The predicted molar refractivity (Wildman–Crippen MR) is 70.1 cm³/mol. The van der Waals surface area contributed by atoms with Gasteiger partial charge in [-0.05, 0) is 32.4 Å². The van der Waals surface area contributed by atoms with Crippen molar-refractivity contribution in [2.45, 2.75) is 39.2 Å². The van der Waals surface area contributed by atoms with E-state index in [4.69, 9.17) is 0 Å². The van der Waals surface area contributed by atoms with Crippen molar-refractivity contribution in [1.29, 1.82) is 0 Å². The van der Waals surface area contributed by atoms with Crippen LogP contribution in [0.25, 0.3) is 0 Å². The van der Waals surface area contributed by atoms with Crippen molar-refractivity contribution in [3.63, 3.8) is 0 Å². The van der Waals surface area contributed by atoms with Crippen LogP contribution in [0, 0.1) is 0 Å². The van der Waals surface area contributed by atoms with E-state index in [0.29, 0.717) is 13.1 Å². The van der Waals surface area contributed by atoms with Gasteiger partial charge in [0.2, 0.25) is 0 Å². The topological polar surface area (TPSA) is 52.7 Å². The fourth-order valence-corrected chi connectivity index (χ4v) is 3.89. The lowest BCUT2D eigenvalue weighted by Crippen LogP contribution is -2.46. The number of hydrogen-bond acceptors (Lipinski definition) is 3. The highest BCUT2D eigenvalue weighted by molar-refractivity contribution is 7.86. The molecule has 102 valence electrons. The van der Waals surface area contributed by atoms with Crippen LogP contribution in [-0.4, -0.2) is 56.3 Å². The maximum absolute atomic E-state index is 12.3. The minimum atomic E-state index is -3.28. The molecule has 0 bridgehead atoms. The Kier molecular flexibility index (Phi) is 5.85. The van der Waals surface area contributed by atoms with E-state index < -0.39 is 10.2 Å². The lowest BCUT2D eigenvalue weighted by atomic mass is 10.1. The summed E-state index contributed by atoms with van der Waals surface area (Å²) < 4.78 is 27.8. The standard InChI is InChI=1S/C11H25N3O2S/c1-4-14(5-2)17(15,16)13(3)11-7-6-9-12-10-8-11/h11-12H,4-10H2,1-3H3. The quantitative estimate of drug-likeness (QED) is 0.792. The smallest absolute Gasteiger partial charge is 0.281 e. The van der Waals surface area contributed by atoms with Crippen molar-refractivity contribution in [2.24, 2.45) is 0 Å². The molecule has 1 fully saturated rings. The summed E-state index contributed by atoms with van der Waals surface area (Å²) in [5, 5.41) is 3.31. The number of nitrogens with zero attached hydrogens (tertiary/aromatic N) is 2. The number of rotatable bonds is 5. The Balaban J connectivity index is 2.75. The van der Waals surface area contributed by atoms with Crippen molar-refractivity contribution >= 4 is 10.2 Å². The average molecular weight is 263 g/mol. The Morgan fingerprint density at radius 1 is 1.18 bits per heavy atom. The van der Waals surface area contributed by atoms with E-state index >= 15 is 0 Å². The molecule has 6 heteroatoms. The van der Waals surface area contributed by atoms with E-state index in [1.807, 2.05) is 13.8 Å². The van der Waals surface area contributed by atoms with Crippen LogP contribution in [0.3, 0.4) is 0 Å². The molecule has 17 heavy (non-hydrogen) atoms. The average Bonchev–Trinajstić information content (AvgIpc) is 2.57. The van der Waals surface area contributed by atoms with E-state index in [1.165, 1.54) is 4.31 Å². The minimum Gasteiger partial charge on any atom is -0.317 e. The number of nitrogens with one attached hydrogen (secondary N) is 1. The molecular weight excluding hydrogens is 238 g/mol. The summed E-state index contributed by atoms with van der Waals surface area (Å²) in [5.41, 5.74) is 0. The van der Waals surface area contributed by atoms with Gasteiger partial charge in [0.15, 0.2) is 0 Å². The van der Waals surface area contributed by atoms with E-state index in [2.05, 4.69) is 5.32 Å². The molecular formula is C11H25N3O2S. The second kappa shape index (κ2) is 6.68. The zero-order chi connectivity index (χ0) is 12.9. The normalized spacial score (nSPS) is 23.0. The summed E-state index contributed by atoms with van der Waals surface area (Å²) in [4.78, 5) is 0. The zero-order valence-corrected chi connectivity index (χ0v) is 12.0. The van der Waals surface area contributed by atoms with Crippen molar-refractivity contribution < 1.29 is 8.42 Å². The summed E-state index contributed by atoms with van der Waals surface area (Å²) in [7, 11) is -1.57. The Morgan fingerprint density at radius 3 is 2.41 bits per heavy atom. The maximum atomic E-state index is 12.3. The Hall–Kier alpha value is -0.170. The summed E-state index contributed by atoms with van der Waals surface area (Å²) in [6.07, 6.45) is 2.89. The Morgan fingerprint density at radius 2 is 1.82 bits per heavy atom. The van der Waals surface area contributed by atoms with Crippen molar-refractivity contribution in [2.75, 3.05) is 33.2 Å². The lowest BCUT2D eigenvalue weighted by molar-refractivity contribution is 0.306. The van der Waals surface area contributed by atoms with Crippen LogP contribution in [0.15, 0.2) is 0 Å². The molecule has 1 atom stereocenters. The monoisotopic (exact) mass is 263 g/mol. The molecule has 0 amide bonds. The molecule has 1 aliphatic rings. The fraction of sp³-hybridized carbons (Fsp3) is 1.00. The Labute approximate surface area is 105 Å². The summed E-state index contributed by atoms with van der Waals surface area (Å²) in [6.45, 7) is 6.73. The fourth-order valence-electron chi connectivity index (χ4n) is 2.28. The molecule has 1 saturated heterocycles. The largest absolute Gasteiger partial charge is 0.317 e. The molecule has 0 aliphatic carbocycles. The van der Waals surface area contributed by atoms with Gasteiger partial charge >= 0.3 is 0 Å². The molecule has 0 aromatic rings. The van der Waals surface area contributed by atoms with E-state index in [1.54, 1.807) is 11.4 Å². The molecule has 0 spiro atoms. The second-order valence-corrected chi connectivity index (χ2v) is 6.43. The first-order valence-electron chi connectivity index (χ1n) is 6.47. The molecule has 1 rings (SSSR count). The van der Waals surface area contributed by atoms with Gasteiger partial charge in [-0.3, -0.25) is 0 Å². The van der Waals surface area contributed by atoms with E-state index in [9.17, 15) is 8.42 Å². The third-order valence-corrected chi connectivity index (χ3v) is 5.65. The summed E-state index contributed by atoms with van der Waals surface area (Å²) in [6, 6.07) is 0.135. The molecule has 1 N–H and O–H groups in total. The Bertz CT molecular complexity index is 307. The minimum absolute atomic E-state index is 0.135. The summed E-state index contributed by atoms with van der Waals surface area (Å²) >= 11 is 0. The third-order valence-electron chi connectivity index (χ3n) is 3.46. The first-order valence-corrected chi connectivity index (χ1v) is 7.87. The summed E-state index contributed by atoms with van der Waals surface area (Å²) in [5.74, 6) is 0. The van der Waals surface area contributed by atoms with Crippen LogP contribution in [0.5, 0.6) is 0 Å². The van der Waals surface area contributed by atoms with Crippen LogP contribution in [-0.2, 0) is 10.2 Å². The molecule has 1 aliphatic heterocycles. The predicted octanol–water partition coefficient (Wildman–Crippen LogP) is 0.647.